The smallest absolute Gasteiger partial charge is 0.138 e. The zero-order valence-electron chi connectivity index (χ0n) is 14.4. The number of ether oxygens (including phenoxy) is 2. The molecule has 3 aromatic rings. The van der Waals surface area contributed by atoms with Crippen molar-refractivity contribution in [1.29, 1.82) is 5.41 Å². The zero-order valence-corrected chi connectivity index (χ0v) is 14.4. The first-order valence-corrected chi connectivity index (χ1v) is 8.06. The van der Waals surface area contributed by atoms with E-state index in [2.05, 4.69) is 4.98 Å². The first-order valence-electron chi connectivity index (χ1n) is 8.06. The fraction of sp³-hybridized carbons (Fsp3) is 0.158. The van der Waals surface area contributed by atoms with Gasteiger partial charge in [-0.05, 0) is 12.1 Å². The van der Waals surface area contributed by atoms with E-state index in [-0.39, 0.29) is 18.1 Å². The molecule has 7 heteroatoms. The van der Waals surface area contributed by atoms with E-state index in [4.69, 9.17) is 14.9 Å². The molecular weight excluding hydrogens is 332 g/mol. The van der Waals surface area contributed by atoms with E-state index in [9.17, 15) is 5.11 Å². The third-order valence-corrected chi connectivity index (χ3v) is 4.37. The molecule has 0 saturated heterocycles. The average Bonchev–Trinajstić information content (AvgIpc) is 3.21. The number of methoxy groups -OCH3 is 2. The van der Waals surface area contributed by atoms with Crippen LogP contribution in [0.25, 0.3) is 11.2 Å². The molecule has 0 atom stereocenters. The minimum absolute atomic E-state index is 0.111. The minimum Gasteiger partial charge on any atom is -0.510 e. The summed E-state index contributed by atoms with van der Waals surface area (Å²) in [4.78, 5) is 6.21. The van der Waals surface area contributed by atoms with Crippen molar-refractivity contribution < 1.29 is 14.6 Å². The lowest BCUT2D eigenvalue weighted by molar-refractivity contribution is 0.394. The quantitative estimate of drug-likeness (QED) is 0.755. The molecule has 2 N–H and O–H groups in total. The highest BCUT2D eigenvalue weighted by molar-refractivity contribution is 6.30. The van der Waals surface area contributed by atoms with E-state index >= 15 is 0 Å². The number of pyridine rings is 1. The van der Waals surface area contributed by atoms with E-state index in [1.807, 2.05) is 35.0 Å². The SMILES string of the molecule is COc1cc(OC)cc(N2CC(O)=C(c3cn4ccccc4n3)C2=N)c1. The summed E-state index contributed by atoms with van der Waals surface area (Å²) in [6.07, 6.45) is 3.69. The molecule has 0 fully saturated rings. The van der Waals surface area contributed by atoms with Crippen LogP contribution in [0.4, 0.5) is 5.69 Å². The van der Waals surface area contributed by atoms with Gasteiger partial charge in [0.2, 0.25) is 0 Å². The van der Waals surface area contributed by atoms with Crippen molar-refractivity contribution in [3.05, 3.63) is 60.2 Å². The van der Waals surface area contributed by atoms with Gasteiger partial charge in [0, 0.05) is 30.6 Å². The highest BCUT2D eigenvalue weighted by atomic mass is 16.5. The van der Waals surface area contributed by atoms with Crippen LogP contribution in [-0.2, 0) is 0 Å². The number of benzene rings is 1. The lowest BCUT2D eigenvalue weighted by atomic mass is 10.2. The Kier molecular flexibility index (Phi) is 3.76. The standard InChI is InChI=1S/C19H18N4O3/c1-25-13-7-12(8-14(9-13)26-2)23-11-16(24)18(19(23)20)15-10-22-6-4-3-5-17(22)21-15/h3-10,20,24H,11H2,1-2H3. The first-order chi connectivity index (χ1) is 12.6. The van der Waals surface area contributed by atoms with Crippen LogP contribution >= 0.6 is 0 Å². The molecule has 4 rings (SSSR count). The maximum Gasteiger partial charge on any atom is 0.138 e. The molecule has 0 amide bonds. The molecule has 3 heterocycles. The molecule has 1 aromatic carbocycles. The summed E-state index contributed by atoms with van der Waals surface area (Å²) in [5.74, 6) is 1.53. The normalized spacial score (nSPS) is 14.4. The lowest BCUT2D eigenvalue weighted by Gasteiger charge is -2.20. The number of anilines is 1. The zero-order chi connectivity index (χ0) is 18.3. The van der Waals surface area contributed by atoms with Gasteiger partial charge in [0.1, 0.15) is 28.7 Å². The van der Waals surface area contributed by atoms with Gasteiger partial charge >= 0.3 is 0 Å². The molecule has 2 aromatic heterocycles. The van der Waals surface area contributed by atoms with Crippen molar-refractivity contribution >= 4 is 22.7 Å². The number of aromatic nitrogens is 2. The Labute approximate surface area is 150 Å². The van der Waals surface area contributed by atoms with Gasteiger partial charge in [-0.2, -0.15) is 0 Å². The van der Waals surface area contributed by atoms with Crippen molar-refractivity contribution in [2.75, 3.05) is 25.7 Å². The first kappa shape index (κ1) is 16.0. The Balaban J connectivity index is 1.72. The Morgan fingerprint density at radius 3 is 2.50 bits per heavy atom. The van der Waals surface area contributed by atoms with Gasteiger partial charge in [0.25, 0.3) is 0 Å². The number of hydrogen-bond donors (Lipinski definition) is 2. The molecule has 0 saturated carbocycles. The summed E-state index contributed by atoms with van der Waals surface area (Å²) in [7, 11) is 3.15. The molecule has 7 nitrogen and oxygen atoms in total. The molecule has 0 radical (unpaired) electrons. The van der Waals surface area contributed by atoms with Crippen molar-refractivity contribution in [3.8, 4) is 11.5 Å². The summed E-state index contributed by atoms with van der Waals surface area (Å²) in [6.45, 7) is 0.193. The number of imidazole rings is 1. The van der Waals surface area contributed by atoms with Crippen LogP contribution in [0.2, 0.25) is 0 Å². The molecule has 0 unspecified atom stereocenters. The monoisotopic (exact) mass is 350 g/mol. The van der Waals surface area contributed by atoms with Crippen LogP contribution in [0.5, 0.6) is 11.5 Å². The second kappa shape index (κ2) is 6.11. The molecule has 26 heavy (non-hydrogen) atoms. The van der Waals surface area contributed by atoms with Gasteiger partial charge < -0.3 is 23.9 Å². The van der Waals surface area contributed by atoms with Crippen LogP contribution in [0.1, 0.15) is 5.69 Å². The summed E-state index contributed by atoms with van der Waals surface area (Å²) in [6, 6.07) is 11.1. The largest absolute Gasteiger partial charge is 0.510 e. The minimum atomic E-state index is 0.111. The number of nitrogens with zero attached hydrogens (tertiary/aromatic N) is 3. The highest BCUT2D eigenvalue weighted by Crippen LogP contribution is 2.34. The highest BCUT2D eigenvalue weighted by Gasteiger charge is 2.31. The number of rotatable bonds is 4. The summed E-state index contributed by atoms with van der Waals surface area (Å²) >= 11 is 0. The van der Waals surface area contributed by atoms with Gasteiger partial charge in [-0.15, -0.1) is 0 Å². The number of fused-ring (bicyclic) bond motifs is 1. The molecule has 0 spiro atoms. The third kappa shape index (κ3) is 2.54. The van der Waals surface area contributed by atoms with E-state index < -0.39 is 0 Å². The van der Waals surface area contributed by atoms with E-state index in [1.54, 1.807) is 37.3 Å². The molecule has 132 valence electrons. The second-order valence-corrected chi connectivity index (χ2v) is 5.92. The average molecular weight is 350 g/mol. The molecule has 1 aliphatic rings. The Morgan fingerprint density at radius 1 is 1.12 bits per heavy atom. The van der Waals surface area contributed by atoms with E-state index in [0.717, 1.165) is 5.65 Å². The Hall–Kier alpha value is -3.48. The van der Waals surface area contributed by atoms with Gasteiger partial charge in [0.15, 0.2) is 0 Å². The maximum absolute atomic E-state index is 10.5. The molecule has 1 aliphatic heterocycles. The maximum atomic E-state index is 10.5. The topological polar surface area (TPSA) is 83.1 Å². The fourth-order valence-corrected chi connectivity index (χ4v) is 3.07. The number of aliphatic hydroxyl groups is 1. The second-order valence-electron chi connectivity index (χ2n) is 5.92. The van der Waals surface area contributed by atoms with Crippen molar-refractivity contribution in [2.45, 2.75) is 0 Å². The summed E-state index contributed by atoms with van der Waals surface area (Å²) in [5.41, 5.74) is 2.46. The lowest BCUT2D eigenvalue weighted by Crippen LogP contribution is -2.26. The van der Waals surface area contributed by atoms with Crippen LogP contribution in [0.3, 0.4) is 0 Å². The van der Waals surface area contributed by atoms with Crippen LogP contribution < -0.4 is 14.4 Å². The van der Waals surface area contributed by atoms with Crippen molar-refractivity contribution in [1.82, 2.24) is 9.38 Å². The summed E-state index contributed by atoms with van der Waals surface area (Å²) in [5, 5.41) is 19.1. The number of amidine groups is 1. The van der Waals surface area contributed by atoms with Gasteiger partial charge in [-0.25, -0.2) is 4.98 Å². The molecular formula is C19H18N4O3. The van der Waals surface area contributed by atoms with E-state index in [1.165, 1.54) is 0 Å². The van der Waals surface area contributed by atoms with E-state index in [0.29, 0.717) is 28.5 Å². The third-order valence-electron chi connectivity index (χ3n) is 4.37. The van der Waals surface area contributed by atoms with Gasteiger partial charge in [0.05, 0.1) is 37.7 Å². The van der Waals surface area contributed by atoms with Crippen molar-refractivity contribution in [3.63, 3.8) is 0 Å². The Bertz CT molecular complexity index is 983. The molecule has 0 bridgehead atoms. The Morgan fingerprint density at radius 2 is 1.85 bits per heavy atom. The van der Waals surface area contributed by atoms with Crippen LogP contribution in [-0.4, -0.2) is 41.1 Å². The fourth-order valence-electron chi connectivity index (χ4n) is 3.07. The van der Waals surface area contributed by atoms with Crippen LogP contribution in [0, 0.1) is 5.41 Å². The number of nitrogens with one attached hydrogen (secondary N) is 1. The van der Waals surface area contributed by atoms with Gasteiger partial charge in [-0.1, -0.05) is 6.07 Å². The number of hydrogen-bond acceptors (Lipinski definition) is 5. The predicted molar refractivity (Wildman–Crippen MR) is 99.4 cm³/mol. The predicted octanol–water partition coefficient (Wildman–Crippen LogP) is 3.12. The van der Waals surface area contributed by atoms with Gasteiger partial charge in [-0.3, -0.25) is 5.41 Å². The van der Waals surface area contributed by atoms with Crippen molar-refractivity contribution in [2.24, 2.45) is 0 Å². The number of aliphatic hydroxyl groups excluding tert-OH is 1. The van der Waals surface area contributed by atoms with Crippen LogP contribution in [0.15, 0.2) is 54.6 Å². The summed E-state index contributed by atoms with van der Waals surface area (Å²) < 4.78 is 12.5. The molecule has 0 aliphatic carbocycles.